The molecule has 1 aliphatic rings. The Labute approximate surface area is 212 Å². The van der Waals surface area contributed by atoms with Crippen molar-refractivity contribution in [3.63, 3.8) is 0 Å². The Morgan fingerprint density at radius 1 is 0.765 bits per heavy atom. The molecule has 0 aromatic rings. The SMILES string of the molecule is CCCCCCCCCCCC[N+](C)(C)CCCCCC(=O)NC1CC(C)(C)N([O])C(C)(C)C1. The van der Waals surface area contributed by atoms with Gasteiger partial charge in [-0.2, -0.15) is 0 Å². The van der Waals surface area contributed by atoms with Crippen LogP contribution < -0.4 is 5.32 Å². The van der Waals surface area contributed by atoms with Gasteiger partial charge in [-0.25, -0.2) is 0 Å². The molecule has 0 aromatic heterocycles. The fourth-order valence-corrected chi connectivity index (χ4v) is 5.81. The number of nitrogens with zero attached hydrogens (tertiary/aromatic N) is 2. The van der Waals surface area contributed by atoms with E-state index >= 15 is 0 Å². The van der Waals surface area contributed by atoms with E-state index in [0.29, 0.717) is 6.42 Å². The third kappa shape index (κ3) is 12.9. The van der Waals surface area contributed by atoms with E-state index in [1.807, 2.05) is 27.7 Å². The van der Waals surface area contributed by atoms with Crippen molar-refractivity contribution in [3.05, 3.63) is 0 Å². The van der Waals surface area contributed by atoms with Crippen LogP contribution in [0.2, 0.25) is 0 Å². The lowest BCUT2D eigenvalue weighted by Gasteiger charge is -2.50. The van der Waals surface area contributed by atoms with Crippen LogP contribution in [0, 0.1) is 0 Å². The molecule has 1 rings (SSSR count). The average molecular weight is 482 g/mol. The lowest BCUT2D eigenvalue weighted by molar-refractivity contribution is -0.890. The van der Waals surface area contributed by atoms with Crippen LogP contribution in [0.3, 0.4) is 0 Å². The van der Waals surface area contributed by atoms with Crippen molar-refractivity contribution >= 4 is 5.91 Å². The Bertz CT molecular complexity index is 542. The van der Waals surface area contributed by atoms with Gasteiger partial charge < -0.3 is 9.80 Å². The number of amides is 1. The maximum absolute atomic E-state index is 12.5. The summed E-state index contributed by atoms with van der Waals surface area (Å²) in [6.45, 7) is 12.7. The van der Waals surface area contributed by atoms with Gasteiger partial charge in [-0.3, -0.25) is 4.79 Å². The molecule has 0 bridgehead atoms. The van der Waals surface area contributed by atoms with Gasteiger partial charge in [0.25, 0.3) is 0 Å². The summed E-state index contributed by atoms with van der Waals surface area (Å²) in [6.07, 6.45) is 19.2. The number of quaternary nitrogens is 1. The zero-order chi connectivity index (χ0) is 25.7. The zero-order valence-corrected chi connectivity index (χ0v) is 24.0. The molecule has 1 heterocycles. The Morgan fingerprint density at radius 2 is 1.18 bits per heavy atom. The number of carbonyl (C=O) groups excluding carboxylic acids is 1. The van der Waals surface area contributed by atoms with Gasteiger partial charge in [0.1, 0.15) is 0 Å². The highest BCUT2D eigenvalue weighted by atomic mass is 16.5. The number of nitrogens with one attached hydrogen (secondary N) is 1. The second kappa shape index (κ2) is 15.5. The van der Waals surface area contributed by atoms with Crippen LogP contribution in [0.25, 0.3) is 0 Å². The first kappa shape index (κ1) is 31.4. The molecule has 0 spiro atoms. The van der Waals surface area contributed by atoms with Crippen molar-refractivity contribution in [1.82, 2.24) is 10.4 Å². The van der Waals surface area contributed by atoms with Crippen LogP contribution >= 0.6 is 0 Å². The van der Waals surface area contributed by atoms with E-state index in [1.165, 1.54) is 88.8 Å². The summed E-state index contributed by atoms with van der Waals surface area (Å²) < 4.78 is 1.10. The van der Waals surface area contributed by atoms with Crippen molar-refractivity contribution < 1.29 is 14.5 Å². The second-order valence-corrected chi connectivity index (χ2v) is 13.0. The molecule has 201 valence electrons. The van der Waals surface area contributed by atoms with Gasteiger partial charge in [0.05, 0.1) is 27.2 Å². The van der Waals surface area contributed by atoms with Crippen LogP contribution in [0.5, 0.6) is 0 Å². The van der Waals surface area contributed by atoms with E-state index in [0.717, 1.165) is 30.2 Å². The van der Waals surface area contributed by atoms with E-state index in [9.17, 15) is 10.0 Å². The van der Waals surface area contributed by atoms with Gasteiger partial charge in [0.15, 0.2) is 0 Å². The summed E-state index contributed by atoms with van der Waals surface area (Å²) >= 11 is 0. The van der Waals surface area contributed by atoms with Crippen LogP contribution in [0.4, 0.5) is 0 Å². The largest absolute Gasteiger partial charge is 0.353 e. The maximum atomic E-state index is 12.5. The monoisotopic (exact) mass is 481 g/mol. The standard InChI is InChI=1S/C29H58N3O2/c1-8-9-10-11-12-13-14-15-16-19-22-32(6,7)23-20-17-18-21-27(33)30-26-24-28(2,3)31(34)29(4,5)25-26/h26H,8-25H2,1-7H3/p+1. The van der Waals surface area contributed by atoms with Crippen molar-refractivity contribution in [2.45, 2.75) is 154 Å². The molecule has 1 radical (unpaired) electrons. The Balaban J connectivity index is 2.08. The van der Waals surface area contributed by atoms with Crippen LogP contribution in [0.1, 0.15) is 137 Å². The fraction of sp³-hybridized carbons (Fsp3) is 0.966. The number of hydroxylamine groups is 2. The van der Waals surface area contributed by atoms with Crippen LogP contribution in [0.15, 0.2) is 0 Å². The highest BCUT2D eigenvalue weighted by Crippen LogP contribution is 2.37. The van der Waals surface area contributed by atoms with Crippen molar-refractivity contribution in [2.24, 2.45) is 0 Å². The summed E-state index contributed by atoms with van der Waals surface area (Å²) in [7, 11) is 4.71. The number of carbonyl (C=O) groups is 1. The van der Waals surface area contributed by atoms with E-state index in [1.54, 1.807) is 0 Å². The first-order chi connectivity index (χ1) is 15.9. The minimum atomic E-state index is -0.433. The molecule has 34 heavy (non-hydrogen) atoms. The Morgan fingerprint density at radius 3 is 1.65 bits per heavy atom. The predicted octanol–water partition coefficient (Wildman–Crippen LogP) is 7.03. The van der Waals surface area contributed by atoms with Gasteiger partial charge in [-0.05, 0) is 72.6 Å². The molecule has 5 nitrogen and oxygen atoms in total. The molecule has 0 atom stereocenters. The Hall–Kier alpha value is -0.650. The van der Waals surface area contributed by atoms with Crippen molar-refractivity contribution in [3.8, 4) is 0 Å². The van der Waals surface area contributed by atoms with Gasteiger partial charge in [0.2, 0.25) is 5.91 Å². The molecule has 0 aliphatic carbocycles. The first-order valence-corrected chi connectivity index (χ1v) is 14.5. The predicted molar refractivity (Wildman–Crippen MR) is 144 cm³/mol. The number of hydrogen-bond acceptors (Lipinski definition) is 2. The molecule has 1 fully saturated rings. The summed E-state index contributed by atoms with van der Waals surface area (Å²) in [5.41, 5.74) is -0.866. The Kier molecular flexibility index (Phi) is 14.3. The summed E-state index contributed by atoms with van der Waals surface area (Å²) in [6, 6.07) is 0.0966. The van der Waals surface area contributed by atoms with E-state index in [4.69, 9.17) is 0 Å². The second-order valence-electron chi connectivity index (χ2n) is 13.0. The lowest BCUT2D eigenvalue weighted by atomic mass is 9.79. The fourth-order valence-electron chi connectivity index (χ4n) is 5.81. The summed E-state index contributed by atoms with van der Waals surface area (Å²) in [4.78, 5) is 12.5. The molecular formula is C29H59N3O2+. The molecule has 1 aliphatic heterocycles. The number of rotatable bonds is 18. The minimum Gasteiger partial charge on any atom is -0.353 e. The normalized spacial score (nSPS) is 18.8. The smallest absolute Gasteiger partial charge is 0.220 e. The number of piperidine rings is 1. The van der Waals surface area contributed by atoms with E-state index in [-0.39, 0.29) is 11.9 Å². The highest BCUT2D eigenvalue weighted by Gasteiger charge is 2.46. The third-order valence-corrected chi connectivity index (χ3v) is 7.74. The lowest BCUT2D eigenvalue weighted by Crippen LogP contribution is -2.62. The molecule has 5 heteroatoms. The quantitative estimate of drug-likeness (QED) is 0.169. The minimum absolute atomic E-state index is 0.0966. The maximum Gasteiger partial charge on any atom is 0.220 e. The molecule has 1 amide bonds. The number of unbranched alkanes of at least 4 members (excludes halogenated alkanes) is 11. The number of hydrogen-bond donors (Lipinski definition) is 1. The van der Waals surface area contributed by atoms with Gasteiger partial charge in [-0.15, -0.1) is 10.3 Å². The molecular weight excluding hydrogens is 422 g/mol. The van der Waals surface area contributed by atoms with E-state index in [2.05, 4.69) is 26.3 Å². The van der Waals surface area contributed by atoms with E-state index < -0.39 is 11.1 Å². The topological polar surface area (TPSA) is 52.2 Å². The van der Waals surface area contributed by atoms with Crippen LogP contribution in [-0.2, 0) is 10.0 Å². The van der Waals surface area contributed by atoms with Gasteiger partial charge >= 0.3 is 0 Å². The molecule has 1 saturated heterocycles. The molecule has 0 saturated carbocycles. The zero-order valence-electron chi connectivity index (χ0n) is 24.0. The van der Waals surface area contributed by atoms with Crippen molar-refractivity contribution in [1.29, 1.82) is 0 Å². The average Bonchev–Trinajstić information content (AvgIpc) is 2.72. The molecule has 0 unspecified atom stereocenters. The third-order valence-electron chi connectivity index (χ3n) is 7.74. The summed E-state index contributed by atoms with van der Waals surface area (Å²) in [5.74, 6) is 0.148. The van der Waals surface area contributed by atoms with Crippen LogP contribution in [-0.4, -0.2) is 59.8 Å². The molecule has 1 N–H and O–H groups in total. The summed E-state index contributed by atoms with van der Waals surface area (Å²) in [5, 5.41) is 16.9. The first-order valence-electron chi connectivity index (χ1n) is 14.5. The van der Waals surface area contributed by atoms with Gasteiger partial charge in [-0.1, -0.05) is 58.3 Å². The highest BCUT2D eigenvalue weighted by molar-refractivity contribution is 5.76. The van der Waals surface area contributed by atoms with Crippen molar-refractivity contribution in [2.75, 3.05) is 27.2 Å². The van der Waals surface area contributed by atoms with Gasteiger partial charge in [0, 0.05) is 23.5 Å². The molecule has 0 aromatic carbocycles.